The van der Waals surface area contributed by atoms with Crippen LogP contribution in [0.1, 0.15) is 16.1 Å². The van der Waals surface area contributed by atoms with Crippen molar-refractivity contribution in [2.45, 2.75) is 6.92 Å². The average Bonchev–Trinajstić information content (AvgIpc) is 2.35. The summed E-state index contributed by atoms with van der Waals surface area (Å²) in [4.78, 5) is 11.8. The average molecular weight is 248 g/mol. The van der Waals surface area contributed by atoms with Crippen LogP contribution in [-0.4, -0.2) is 16.1 Å². The molecule has 0 aliphatic heterocycles. The van der Waals surface area contributed by atoms with Crippen molar-refractivity contribution in [1.82, 2.24) is 10.2 Å². The molecule has 4 nitrogen and oxygen atoms in total. The van der Waals surface area contributed by atoms with Gasteiger partial charge in [-0.2, -0.15) is 5.10 Å². The highest BCUT2D eigenvalue weighted by molar-refractivity contribution is 6.31. The summed E-state index contributed by atoms with van der Waals surface area (Å²) in [6.45, 7) is 1.90. The molecule has 17 heavy (non-hydrogen) atoms. The van der Waals surface area contributed by atoms with E-state index >= 15 is 0 Å². The van der Waals surface area contributed by atoms with Gasteiger partial charge in [0.1, 0.15) is 0 Å². The van der Waals surface area contributed by atoms with E-state index in [-0.39, 0.29) is 11.6 Å². The number of hydrogen-bond donors (Lipinski definition) is 1. The number of nitrogens with zero attached hydrogens (tertiary/aromatic N) is 2. The minimum atomic E-state index is -0.307. The van der Waals surface area contributed by atoms with Gasteiger partial charge >= 0.3 is 0 Å². The summed E-state index contributed by atoms with van der Waals surface area (Å²) in [6, 6.07) is 8.58. The summed E-state index contributed by atoms with van der Waals surface area (Å²) < 4.78 is 0. The zero-order chi connectivity index (χ0) is 12.3. The molecule has 0 radical (unpaired) electrons. The van der Waals surface area contributed by atoms with Gasteiger partial charge in [-0.1, -0.05) is 17.7 Å². The van der Waals surface area contributed by atoms with Crippen molar-refractivity contribution in [3.05, 3.63) is 52.8 Å². The first kappa shape index (κ1) is 11.5. The fourth-order valence-electron chi connectivity index (χ4n) is 1.29. The number of nitrogens with one attached hydrogen (secondary N) is 1. The second-order valence-electron chi connectivity index (χ2n) is 3.53. The quantitative estimate of drug-likeness (QED) is 0.888. The Morgan fingerprint density at radius 2 is 2.18 bits per heavy atom. The second-order valence-corrected chi connectivity index (χ2v) is 3.93. The molecule has 5 heteroatoms. The van der Waals surface area contributed by atoms with E-state index < -0.39 is 0 Å². The molecule has 1 N–H and O–H groups in total. The molecule has 2 rings (SSSR count). The van der Waals surface area contributed by atoms with Crippen LogP contribution in [0.5, 0.6) is 0 Å². The molecule has 2 aromatic rings. The molecule has 1 aromatic heterocycles. The maximum atomic E-state index is 11.8. The molecule has 0 bridgehead atoms. The van der Waals surface area contributed by atoms with Gasteiger partial charge in [-0.3, -0.25) is 4.79 Å². The monoisotopic (exact) mass is 247 g/mol. The molecule has 0 aliphatic rings. The number of hydrogen-bond acceptors (Lipinski definition) is 3. The van der Waals surface area contributed by atoms with Crippen molar-refractivity contribution in [3.63, 3.8) is 0 Å². The molecule has 0 spiro atoms. The summed E-state index contributed by atoms with van der Waals surface area (Å²) in [5, 5.41) is 10.7. The van der Waals surface area contributed by atoms with Gasteiger partial charge in [-0.05, 0) is 36.8 Å². The fourth-order valence-corrected chi connectivity index (χ4v) is 1.47. The minimum Gasteiger partial charge on any atom is -0.321 e. The zero-order valence-corrected chi connectivity index (χ0v) is 9.90. The van der Waals surface area contributed by atoms with Crippen LogP contribution in [0.4, 0.5) is 5.69 Å². The van der Waals surface area contributed by atoms with E-state index in [0.29, 0.717) is 10.7 Å². The maximum Gasteiger partial charge on any atom is 0.276 e. The maximum absolute atomic E-state index is 11.8. The molecule has 86 valence electrons. The topological polar surface area (TPSA) is 54.9 Å². The molecule has 1 heterocycles. The number of anilines is 1. The first-order valence-corrected chi connectivity index (χ1v) is 5.40. The van der Waals surface area contributed by atoms with Crippen molar-refractivity contribution in [2.24, 2.45) is 0 Å². The van der Waals surface area contributed by atoms with Crippen molar-refractivity contribution < 1.29 is 4.79 Å². The number of carbonyl (C=O) groups excluding carboxylic acids is 1. The molecule has 0 saturated heterocycles. The Bertz CT molecular complexity index is 543. The molecule has 0 atom stereocenters. The number of amides is 1. The summed E-state index contributed by atoms with van der Waals surface area (Å²) in [7, 11) is 0. The third-order valence-corrected chi connectivity index (χ3v) is 2.64. The Labute approximate surface area is 104 Å². The molecular weight excluding hydrogens is 238 g/mol. The summed E-state index contributed by atoms with van der Waals surface area (Å²) in [6.07, 6.45) is 1.51. The Kier molecular flexibility index (Phi) is 3.35. The zero-order valence-electron chi connectivity index (χ0n) is 9.14. The van der Waals surface area contributed by atoms with Crippen LogP contribution in [0.3, 0.4) is 0 Å². The van der Waals surface area contributed by atoms with Gasteiger partial charge in [0.15, 0.2) is 5.69 Å². The Morgan fingerprint density at radius 1 is 1.35 bits per heavy atom. The predicted octanol–water partition coefficient (Wildman–Crippen LogP) is 2.69. The van der Waals surface area contributed by atoms with Crippen LogP contribution >= 0.6 is 11.6 Å². The van der Waals surface area contributed by atoms with Crippen LogP contribution in [-0.2, 0) is 0 Å². The van der Waals surface area contributed by atoms with E-state index in [1.807, 2.05) is 13.0 Å². The molecule has 0 saturated carbocycles. The molecule has 0 aliphatic carbocycles. The summed E-state index contributed by atoms with van der Waals surface area (Å²) in [5.74, 6) is -0.307. The van der Waals surface area contributed by atoms with E-state index in [0.717, 1.165) is 5.56 Å². The van der Waals surface area contributed by atoms with Gasteiger partial charge < -0.3 is 5.32 Å². The number of benzene rings is 1. The number of rotatable bonds is 2. The van der Waals surface area contributed by atoms with Crippen molar-refractivity contribution >= 4 is 23.2 Å². The number of halogens is 1. The van der Waals surface area contributed by atoms with Crippen LogP contribution in [0.25, 0.3) is 0 Å². The molecule has 1 amide bonds. The van der Waals surface area contributed by atoms with Gasteiger partial charge in [0.05, 0.1) is 0 Å². The summed E-state index contributed by atoms with van der Waals surface area (Å²) in [5.41, 5.74) is 1.87. The van der Waals surface area contributed by atoms with Gasteiger partial charge in [0.2, 0.25) is 0 Å². The van der Waals surface area contributed by atoms with Crippen molar-refractivity contribution in [3.8, 4) is 0 Å². The van der Waals surface area contributed by atoms with Gasteiger partial charge in [-0.25, -0.2) is 0 Å². The van der Waals surface area contributed by atoms with Crippen LogP contribution < -0.4 is 5.32 Å². The van der Waals surface area contributed by atoms with E-state index in [1.165, 1.54) is 6.20 Å². The number of aryl methyl sites for hydroxylation is 1. The van der Waals surface area contributed by atoms with Crippen molar-refractivity contribution in [2.75, 3.05) is 5.32 Å². The van der Waals surface area contributed by atoms with E-state index in [1.54, 1.807) is 24.3 Å². The normalized spacial score (nSPS) is 10.0. The Hall–Kier alpha value is -1.94. The van der Waals surface area contributed by atoms with E-state index in [9.17, 15) is 4.79 Å². The lowest BCUT2D eigenvalue weighted by molar-refractivity contribution is 0.102. The minimum absolute atomic E-state index is 0.268. The first-order valence-electron chi connectivity index (χ1n) is 5.02. The molecule has 0 unspecified atom stereocenters. The lowest BCUT2D eigenvalue weighted by Crippen LogP contribution is -2.13. The van der Waals surface area contributed by atoms with Gasteiger partial charge in [0.25, 0.3) is 5.91 Å². The van der Waals surface area contributed by atoms with Crippen LogP contribution in [0.2, 0.25) is 5.02 Å². The van der Waals surface area contributed by atoms with Gasteiger partial charge in [-0.15, -0.1) is 5.10 Å². The van der Waals surface area contributed by atoms with Crippen LogP contribution in [0, 0.1) is 6.92 Å². The highest BCUT2D eigenvalue weighted by Gasteiger charge is 2.07. The standard InChI is InChI=1S/C12H10ClN3O/c1-8-4-5-9(7-10(8)13)15-12(17)11-3-2-6-14-16-11/h2-7H,1H3,(H,15,17). The predicted molar refractivity (Wildman–Crippen MR) is 66.2 cm³/mol. The third kappa shape index (κ3) is 2.79. The smallest absolute Gasteiger partial charge is 0.276 e. The van der Waals surface area contributed by atoms with E-state index in [2.05, 4.69) is 15.5 Å². The molecular formula is C12H10ClN3O. The molecule has 1 aromatic carbocycles. The van der Waals surface area contributed by atoms with E-state index in [4.69, 9.17) is 11.6 Å². The highest BCUT2D eigenvalue weighted by Crippen LogP contribution is 2.20. The largest absolute Gasteiger partial charge is 0.321 e. The van der Waals surface area contributed by atoms with Crippen molar-refractivity contribution in [1.29, 1.82) is 0 Å². The Balaban J connectivity index is 2.16. The third-order valence-electron chi connectivity index (χ3n) is 2.23. The molecule has 0 fully saturated rings. The highest BCUT2D eigenvalue weighted by atomic mass is 35.5. The van der Waals surface area contributed by atoms with Crippen LogP contribution in [0.15, 0.2) is 36.5 Å². The lowest BCUT2D eigenvalue weighted by atomic mass is 10.2. The lowest BCUT2D eigenvalue weighted by Gasteiger charge is -2.05. The fraction of sp³-hybridized carbons (Fsp3) is 0.0833. The summed E-state index contributed by atoms with van der Waals surface area (Å²) >= 11 is 5.96. The number of aromatic nitrogens is 2. The first-order chi connectivity index (χ1) is 8.16. The SMILES string of the molecule is Cc1ccc(NC(=O)c2cccnn2)cc1Cl. The van der Waals surface area contributed by atoms with Gasteiger partial charge in [0, 0.05) is 16.9 Å². The second kappa shape index (κ2) is 4.93. The Morgan fingerprint density at radius 3 is 2.82 bits per heavy atom. The number of carbonyl (C=O) groups is 1.